The van der Waals surface area contributed by atoms with Crippen LogP contribution in [-0.2, 0) is 0 Å². The molecule has 0 aromatic carbocycles. The lowest BCUT2D eigenvalue weighted by Gasteiger charge is -2.29. The molecule has 0 saturated heterocycles. The molecule has 1 rings (SSSR count). The van der Waals surface area contributed by atoms with Crippen molar-refractivity contribution < 1.29 is 0 Å². The fraction of sp³-hybridized carbons (Fsp3) is 1.00. The number of rotatable bonds is 8. The number of nitrogens with zero attached hydrogens (tertiary/aromatic N) is 1. The summed E-state index contributed by atoms with van der Waals surface area (Å²) in [4.78, 5) is 2.61. The minimum Gasteiger partial charge on any atom is -0.312 e. The van der Waals surface area contributed by atoms with Gasteiger partial charge in [0.05, 0.1) is 0 Å². The second-order valence-electron chi connectivity index (χ2n) is 4.37. The van der Waals surface area contributed by atoms with Gasteiger partial charge in [-0.05, 0) is 38.8 Å². The Morgan fingerprint density at radius 1 is 1.29 bits per heavy atom. The molecule has 2 heteroatoms. The minimum absolute atomic E-state index is 0.751. The van der Waals surface area contributed by atoms with Crippen molar-refractivity contribution >= 4 is 0 Å². The van der Waals surface area contributed by atoms with Gasteiger partial charge in [0.15, 0.2) is 0 Å². The Morgan fingerprint density at radius 2 is 2.00 bits per heavy atom. The van der Waals surface area contributed by atoms with Gasteiger partial charge in [-0.15, -0.1) is 0 Å². The smallest absolute Gasteiger partial charge is 0.0217 e. The highest BCUT2D eigenvalue weighted by atomic mass is 15.2. The van der Waals surface area contributed by atoms with Crippen LogP contribution in [0.3, 0.4) is 0 Å². The summed E-state index contributed by atoms with van der Waals surface area (Å²) in [7, 11) is 0. The van der Waals surface area contributed by atoms with E-state index in [1.165, 1.54) is 45.3 Å². The fourth-order valence-corrected chi connectivity index (χ4v) is 2.01. The molecule has 0 radical (unpaired) electrons. The number of likely N-dealkylation sites (N-methyl/N-ethyl adjacent to an activating group) is 1. The summed E-state index contributed by atoms with van der Waals surface area (Å²) in [6.45, 7) is 10.5. The van der Waals surface area contributed by atoms with Crippen molar-refractivity contribution in [3.05, 3.63) is 0 Å². The minimum atomic E-state index is 0.751. The molecule has 0 aliphatic heterocycles. The zero-order valence-electron chi connectivity index (χ0n) is 10.1. The van der Waals surface area contributed by atoms with Crippen molar-refractivity contribution in [1.82, 2.24) is 10.2 Å². The average Bonchev–Trinajstić information content (AvgIpc) is 3.00. The van der Waals surface area contributed by atoms with E-state index in [0.717, 1.165) is 12.1 Å². The molecule has 0 aromatic rings. The zero-order valence-corrected chi connectivity index (χ0v) is 10.1. The van der Waals surface area contributed by atoms with E-state index in [1.54, 1.807) is 0 Å². The topological polar surface area (TPSA) is 15.3 Å². The van der Waals surface area contributed by atoms with Gasteiger partial charge in [0, 0.05) is 18.6 Å². The molecule has 0 aromatic heterocycles. The second-order valence-corrected chi connectivity index (χ2v) is 4.37. The van der Waals surface area contributed by atoms with Gasteiger partial charge < -0.3 is 5.32 Å². The highest BCUT2D eigenvalue weighted by Crippen LogP contribution is 2.19. The van der Waals surface area contributed by atoms with Crippen LogP contribution in [-0.4, -0.2) is 36.6 Å². The van der Waals surface area contributed by atoms with Gasteiger partial charge in [-0.3, -0.25) is 4.90 Å². The number of nitrogens with one attached hydrogen (secondary N) is 1. The number of hydrogen-bond acceptors (Lipinski definition) is 2. The molecular weight excluding hydrogens is 172 g/mol. The molecule has 0 bridgehead atoms. The first kappa shape index (κ1) is 12.0. The van der Waals surface area contributed by atoms with E-state index in [0.29, 0.717) is 0 Å². The van der Waals surface area contributed by atoms with Crippen LogP contribution >= 0.6 is 0 Å². The van der Waals surface area contributed by atoms with E-state index in [2.05, 4.69) is 31.0 Å². The van der Waals surface area contributed by atoms with E-state index >= 15 is 0 Å². The van der Waals surface area contributed by atoms with Crippen LogP contribution < -0.4 is 5.32 Å². The molecule has 0 spiro atoms. The van der Waals surface area contributed by atoms with Gasteiger partial charge in [-0.2, -0.15) is 0 Å². The first-order valence-corrected chi connectivity index (χ1v) is 6.29. The predicted molar refractivity (Wildman–Crippen MR) is 62.6 cm³/mol. The van der Waals surface area contributed by atoms with Gasteiger partial charge in [-0.1, -0.05) is 20.8 Å². The van der Waals surface area contributed by atoms with Crippen LogP contribution in [0.1, 0.15) is 46.5 Å². The SMILES string of the molecule is CCCN(CC)C(CC)CNC1CC1. The third-order valence-electron chi connectivity index (χ3n) is 3.12. The maximum absolute atomic E-state index is 3.64. The van der Waals surface area contributed by atoms with Crippen LogP contribution in [0.15, 0.2) is 0 Å². The fourth-order valence-electron chi connectivity index (χ4n) is 2.01. The number of hydrogen-bond donors (Lipinski definition) is 1. The van der Waals surface area contributed by atoms with Crippen LogP contribution in [0, 0.1) is 0 Å². The normalized spacial score (nSPS) is 18.9. The molecule has 1 aliphatic carbocycles. The Balaban J connectivity index is 2.24. The second kappa shape index (κ2) is 6.41. The summed E-state index contributed by atoms with van der Waals surface area (Å²) < 4.78 is 0. The molecule has 1 N–H and O–H groups in total. The average molecular weight is 198 g/mol. The van der Waals surface area contributed by atoms with E-state index in [-0.39, 0.29) is 0 Å². The first-order valence-electron chi connectivity index (χ1n) is 6.29. The Morgan fingerprint density at radius 3 is 2.43 bits per heavy atom. The maximum Gasteiger partial charge on any atom is 0.0217 e. The van der Waals surface area contributed by atoms with Gasteiger partial charge >= 0.3 is 0 Å². The van der Waals surface area contributed by atoms with Gasteiger partial charge in [-0.25, -0.2) is 0 Å². The third kappa shape index (κ3) is 3.97. The van der Waals surface area contributed by atoms with Crippen molar-refractivity contribution in [2.24, 2.45) is 0 Å². The molecule has 1 aliphatic rings. The third-order valence-corrected chi connectivity index (χ3v) is 3.12. The summed E-state index contributed by atoms with van der Waals surface area (Å²) in [5, 5.41) is 3.64. The van der Waals surface area contributed by atoms with Crippen LogP contribution in [0.25, 0.3) is 0 Å². The molecule has 0 heterocycles. The Labute approximate surface area is 89.1 Å². The lowest BCUT2D eigenvalue weighted by Crippen LogP contribution is -2.42. The lowest BCUT2D eigenvalue weighted by atomic mass is 10.1. The summed E-state index contributed by atoms with van der Waals surface area (Å²) in [6, 6.07) is 1.60. The van der Waals surface area contributed by atoms with E-state index in [9.17, 15) is 0 Å². The van der Waals surface area contributed by atoms with Crippen molar-refractivity contribution in [2.45, 2.75) is 58.5 Å². The molecule has 2 nitrogen and oxygen atoms in total. The molecule has 14 heavy (non-hydrogen) atoms. The highest BCUT2D eigenvalue weighted by molar-refractivity contribution is 4.83. The molecule has 0 amide bonds. The molecular formula is C12H26N2. The van der Waals surface area contributed by atoms with E-state index < -0.39 is 0 Å². The largest absolute Gasteiger partial charge is 0.312 e. The molecule has 1 unspecified atom stereocenters. The van der Waals surface area contributed by atoms with Crippen LogP contribution in [0.5, 0.6) is 0 Å². The highest BCUT2D eigenvalue weighted by Gasteiger charge is 2.22. The zero-order chi connectivity index (χ0) is 10.4. The van der Waals surface area contributed by atoms with E-state index in [1.807, 2.05) is 0 Å². The van der Waals surface area contributed by atoms with Crippen molar-refractivity contribution in [1.29, 1.82) is 0 Å². The quantitative estimate of drug-likeness (QED) is 0.643. The molecule has 1 atom stereocenters. The lowest BCUT2D eigenvalue weighted by molar-refractivity contribution is 0.196. The summed E-state index contributed by atoms with van der Waals surface area (Å²) in [6.07, 6.45) is 5.34. The Bertz CT molecular complexity index is 143. The Hall–Kier alpha value is -0.0800. The first-order chi connectivity index (χ1) is 6.81. The van der Waals surface area contributed by atoms with Gasteiger partial charge in [0.25, 0.3) is 0 Å². The van der Waals surface area contributed by atoms with E-state index in [4.69, 9.17) is 0 Å². The summed E-state index contributed by atoms with van der Waals surface area (Å²) >= 11 is 0. The molecule has 84 valence electrons. The Kier molecular flexibility index (Phi) is 5.49. The standard InChI is InChI=1S/C12H26N2/c1-4-9-14(6-3)12(5-2)10-13-11-7-8-11/h11-13H,4-10H2,1-3H3. The van der Waals surface area contributed by atoms with Gasteiger partial charge in [0.1, 0.15) is 0 Å². The summed E-state index contributed by atoms with van der Waals surface area (Å²) in [5.41, 5.74) is 0. The summed E-state index contributed by atoms with van der Waals surface area (Å²) in [5.74, 6) is 0. The van der Waals surface area contributed by atoms with Crippen molar-refractivity contribution in [2.75, 3.05) is 19.6 Å². The molecule has 1 fully saturated rings. The van der Waals surface area contributed by atoms with Gasteiger partial charge in [0.2, 0.25) is 0 Å². The van der Waals surface area contributed by atoms with Crippen LogP contribution in [0.2, 0.25) is 0 Å². The predicted octanol–water partition coefficient (Wildman–Crippen LogP) is 2.25. The monoisotopic (exact) mass is 198 g/mol. The van der Waals surface area contributed by atoms with Crippen molar-refractivity contribution in [3.8, 4) is 0 Å². The van der Waals surface area contributed by atoms with Crippen molar-refractivity contribution in [3.63, 3.8) is 0 Å². The maximum atomic E-state index is 3.64. The van der Waals surface area contributed by atoms with Crippen LogP contribution in [0.4, 0.5) is 0 Å². The molecule has 1 saturated carbocycles.